The van der Waals surface area contributed by atoms with Crippen LogP contribution in [0, 0.1) is 23.3 Å². The number of carbonyl (C=O) groups is 4. The van der Waals surface area contributed by atoms with Crippen LogP contribution in [0.2, 0.25) is 0 Å². The van der Waals surface area contributed by atoms with Crippen LogP contribution in [-0.4, -0.2) is 28.9 Å². The van der Waals surface area contributed by atoms with Gasteiger partial charge < -0.3 is 5.11 Å². The van der Waals surface area contributed by atoms with Gasteiger partial charge in [0, 0.05) is 11.1 Å². The zero-order valence-electron chi connectivity index (χ0n) is 20.0. The minimum Gasteiger partial charge on any atom is -0.478 e. The summed E-state index contributed by atoms with van der Waals surface area (Å²) in [7, 11) is 0. The van der Waals surface area contributed by atoms with E-state index in [1.54, 1.807) is 24.3 Å². The molecule has 0 fully saturated rings. The molecule has 33 heavy (non-hydrogen) atoms. The Morgan fingerprint density at radius 3 is 1.39 bits per heavy atom. The third-order valence-corrected chi connectivity index (χ3v) is 3.30. The van der Waals surface area contributed by atoms with Crippen LogP contribution in [0.5, 0.6) is 0 Å². The summed E-state index contributed by atoms with van der Waals surface area (Å²) in [4.78, 5) is 42.6. The first-order valence-corrected chi connectivity index (χ1v) is 10.2. The summed E-state index contributed by atoms with van der Waals surface area (Å²) in [5.41, 5.74) is -1.88. The van der Waals surface area contributed by atoms with Gasteiger partial charge in [0.05, 0.1) is 5.56 Å². The molecule has 0 radical (unpaired) electrons. The number of carboxylic acid groups (broad SMARTS) is 1. The Labute approximate surface area is 191 Å². The van der Waals surface area contributed by atoms with Crippen molar-refractivity contribution in [2.24, 2.45) is 0 Å². The van der Waals surface area contributed by atoms with Gasteiger partial charge in [-0.2, -0.15) is 0 Å². The molecule has 0 saturated carbocycles. The molecule has 0 saturated heterocycles. The summed E-state index contributed by atoms with van der Waals surface area (Å²) in [6.45, 7) is 14.2. The summed E-state index contributed by atoms with van der Waals surface area (Å²) in [6, 6.07) is 6.75. The van der Waals surface area contributed by atoms with Crippen molar-refractivity contribution in [2.75, 3.05) is 0 Å². The highest BCUT2D eigenvalue weighted by Crippen LogP contribution is 2.24. The number of rotatable bonds is 4. The highest BCUT2D eigenvalue weighted by Gasteiger charge is 2.30. The standard InChI is InChI=1S/C9H4F4O3.C9H8O2.3C2H6/c1-2(14)3-4(9(15)16)6(11)8(13)7(12)5(3)10;1-7(11)9-5-3-2-4-8(9)6-10;3*1-2/h1H3,(H,15,16);2-6H,1H3;3*1-2H3. The maximum atomic E-state index is 13.0. The van der Waals surface area contributed by atoms with Gasteiger partial charge in [0.25, 0.3) is 0 Å². The third-order valence-electron chi connectivity index (χ3n) is 3.30. The van der Waals surface area contributed by atoms with E-state index in [1.165, 1.54) is 6.92 Å². The van der Waals surface area contributed by atoms with Gasteiger partial charge >= 0.3 is 5.97 Å². The number of hydrogen-bond donors (Lipinski definition) is 1. The molecule has 2 aromatic rings. The van der Waals surface area contributed by atoms with Crippen LogP contribution in [0.4, 0.5) is 17.6 Å². The van der Waals surface area contributed by atoms with Crippen LogP contribution in [0.3, 0.4) is 0 Å². The lowest BCUT2D eigenvalue weighted by molar-refractivity contribution is 0.0683. The Kier molecular flexibility index (Phi) is 18.9. The monoisotopic (exact) mass is 474 g/mol. The van der Waals surface area contributed by atoms with E-state index in [2.05, 4.69) is 0 Å². The van der Waals surface area contributed by atoms with E-state index >= 15 is 0 Å². The van der Waals surface area contributed by atoms with E-state index < -0.39 is 46.1 Å². The smallest absolute Gasteiger partial charge is 0.339 e. The van der Waals surface area contributed by atoms with Gasteiger partial charge in [-0.05, 0) is 13.8 Å². The van der Waals surface area contributed by atoms with Crippen LogP contribution >= 0.6 is 0 Å². The molecule has 0 bridgehead atoms. The molecule has 0 aromatic heterocycles. The molecular weight excluding hydrogens is 444 g/mol. The van der Waals surface area contributed by atoms with Gasteiger partial charge in [-0.15, -0.1) is 0 Å². The first kappa shape index (κ1) is 34.3. The fourth-order valence-electron chi connectivity index (χ4n) is 2.08. The number of aldehydes is 1. The molecule has 184 valence electrons. The number of benzene rings is 2. The molecule has 0 spiro atoms. The molecule has 9 heteroatoms. The Hall–Kier alpha value is -3.36. The van der Waals surface area contributed by atoms with E-state index in [9.17, 15) is 36.7 Å². The van der Waals surface area contributed by atoms with E-state index in [0.717, 1.165) is 0 Å². The van der Waals surface area contributed by atoms with Crippen molar-refractivity contribution in [3.05, 3.63) is 69.8 Å². The summed E-state index contributed by atoms with van der Waals surface area (Å²) in [5, 5.41) is 8.49. The second-order valence-corrected chi connectivity index (χ2v) is 5.13. The first-order valence-electron chi connectivity index (χ1n) is 10.2. The maximum absolute atomic E-state index is 13.0. The average Bonchev–Trinajstić information content (AvgIpc) is 2.83. The normalized spacial score (nSPS) is 8.61. The molecule has 1 N–H and O–H groups in total. The van der Waals surface area contributed by atoms with Crippen molar-refractivity contribution in [1.29, 1.82) is 0 Å². The number of halogens is 4. The Bertz CT molecular complexity index is 896. The Morgan fingerprint density at radius 2 is 1.09 bits per heavy atom. The van der Waals surface area contributed by atoms with Crippen LogP contribution in [0.25, 0.3) is 0 Å². The zero-order valence-corrected chi connectivity index (χ0v) is 20.0. The van der Waals surface area contributed by atoms with E-state index in [0.29, 0.717) is 24.3 Å². The van der Waals surface area contributed by atoms with E-state index in [-0.39, 0.29) is 5.78 Å². The Balaban J connectivity index is -0.000000461. The Morgan fingerprint density at radius 1 is 0.697 bits per heavy atom. The molecule has 0 aliphatic heterocycles. The van der Waals surface area contributed by atoms with Crippen molar-refractivity contribution in [2.45, 2.75) is 55.4 Å². The highest BCUT2D eigenvalue weighted by atomic mass is 19.2. The van der Waals surface area contributed by atoms with Gasteiger partial charge in [-0.3, -0.25) is 14.4 Å². The molecule has 0 unspecified atom stereocenters. The van der Waals surface area contributed by atoms with Gasteiger partial charge in [0.1, 0.15) is 5.56 Å². The fraction of sp³-hybridized carbons (Fsp3) is 0.333. The predicted molar refractivity (Wildman–Crippen MR) is 119 cm³/mol. The highest BCUT2D eigenvalue weighted by molar-refractivity contribution is 6.05. The minimum absolute atomic E-state index is 0.0762. The average molecular weight is 474 g/mol. The lowest BCUT2D eigenvalue weighted by atomic mass is 10.0. The molecule has 2 aromatic carbocycles. The summed E-state index contributed by atoms with van der Waals surface area (Å²) >= 11 is 0. The van der Waals surface area contributed by atoms with Gasteiger partial charge in [-0.1, -0.05) is 65.8 Å². The first-order chi connectivity index (χ1) is 15.5. The lowest BCUT2D eigenvalue weighted by Crippen LogP contribution is -2.16. The number of ketones is 2. The number of aromatic carboxylic acids is 1. The van der Waals surface area contributed by atoms with Crippen LogP contribution < -0.4 is 0 Å². The molecule has 0 amide bonds. The number of hydrogen-bond acceptors (Lipinski definition) is 4. The molecule has 0 heterocycles. The van der Waals surface area contributed by atoms with Crippen molar-refractivity contribution in [3.8, 4) is 0 Å². The topological polar surface area (TPSA) is 88.5 Å². The van der Waals surface area contributed by atoms with Gasteiger partial charge in [0.2, 0.25) is 0 Å². The number of Topliss-reactive ketones (excluding diaryl/α,β-unsaturated/α-hetero) is 2. The van der Waals surface area contributed by atoms with E-state index in [4.69, 9.17) is 5.11 Å². The second-order valence-electron chi connectivity index (χ2n) is 5.13. The lowest BCUT2D eigenvalue weighted by Gasteiger charge is -2.07. The molecular formula is C24H30F4O5. The summed E-state index contributed by atoms with van der Waals surface area (Å²) in [5.74, 6) is -11.9. The number of carboxylic acids is 1. The quantitative estimate of drug-likeness (QED) is 0.171. The predicted octanol–water partition coefficient (Wildman–Crippen LogP) is 6.92. The van der Waals surface area contributed by atoms with Crippen molar-refractivity contribution < 1.29 is 41.8 Å². The van der Waals surface area contributed by atoms with Gasteiger partial charge in [-0.25, -0.2) is 22.4 Å². The zero-order chi connectivity index (χ0) is 26.9. The van der Waals surface area contributed by atoms with Gasteiger partial charge in [0.15, 0.2) is 41.1 Å². The van der Waals surface area contributed by atoms with Crippen LogP contribution in [0.1, 0.15) is 96.8 Å². The fourth-order valence-corrected chi connectivity index (χ4v) is 2.08. The largest absolute Gasteiger partial charge is 0.478 e. The maximum Gasteiger partial charge on any atom is 0.339 e. The third kappa shape index (κ3) is 9.76. The molecule has 0 aliphatic rings. The van der Waals surface area contributed by atoms with E-state index in [1.807, 2.05) is 41.5 Å². The summed E-state index contributed by atoms with van der Waals surface area (Å²) in [6.07, 6.45) is 0.691. The van der Waals surface area contributed by atoms with Crippen molar-refractivity contribution in [3.63, 3.8) is 0 Å². The van der Waals surface area contributed by atoms with Crippen molar-refractivity contribution in [1.82, 2.24) is 0 Å². The van der Waals surface area contributed by atoms with Crippen LogP contribution in [0.15, 0.2) is 24.3 Å². The molecule has 0 atom stereocenters. The van der Waals surface area contributed by atoms with Crippen molar-refractivity contribution >= 4 is 23.8 Å². The van der Waals surface area contributed by atoms with Crippen LogP contribution in [-0.2, 0) is 0 Å². The summed E-state index contributed by atoms with van der Waals surface area (Å²) < 4.78 is 51.5. The molecule has 0 aliphatic carbocycles. The second kappa shape index (κ2) is 18.2. The number of carbonyl (C=O) groups excluding carboxylic acids is 3. The molecule has 2 rings (SSSR count). The SMILES string of the molecule is CC.CC.CC.CC(=O)c1c(F)c(F)c(F)c(F)c1C(=O)O.CC(=O)c1ccccc1C=O. The molecule has 5 nitrogen and oxygen atoms in total. The minimum atomic E-state index is -2.26.